The first-order chi connectivity index (χ1) is 60.1. The van der Waals surface area contributed by atoms with Crippen LogP contribution in [-0.4, -0.2) is 240 Å². The third kappa shape index (κ3) is 42.7. The molecule has 0 saturated carbocycles. The Morgan fingerprint density at radius 2 is 0.535 bits per heavy atom. The van der Waals surface area contributed by atoms with E-state index in [-0.39, 0.29) is 127 Å². The molecule has 1 rings (SSSR count). The van der Waals surface area contributed by atoms with Gasteiger partial charge in [0.15, 0.2) is 17.9 Å². The topological polar surface area (TPSA) is 742 Å². The van der Waals surface area contributed by atoms with Crippen molar-refractivity contribution in [1.82, 2.24) is 79.1 Å². The van der Waals surface area contributed by atoms with E-state index in [2.05, 4.69) is 94.1 Å². The van der Waals surface area contributed by atoms with E-state index in [1.807, 2.05) is 6.92 Å². The molecule has 0 radical (unpaired) electrons. The fraction of sp³-hybridized carbons (Fsp3) is 0.762. The van der Waals surface area contributed by atoms with Gasteiger partial charge in [-0.15, -0.1) is 0 Å². The van der Waals surface area contributed by atoms with Crippen molar-refractivity contribution >= 4 is 101 Å². The van der Waals surface area contributed by atoms with Crippen LogP contribution in [0.25, 0.3) is 0 Å². The van der Waals surface area contributed by atoms with Gasteiger partial charge in [0.2, 0.25) is 76.8 Å². The number of H-pyrrole nitrogens is 1. The van der Waals surface area contributed by atoms with E-state index in [4.69, 9.17) is 57.3 Å². The molecule has 21 atom stereocenters. The number of nitrogens with one attached hydrogen (secondary N) is 14. The lowest BCUT2D eigenvalue weighted by atomic mass is 9.93. The van der Waals surface area contributed by atoms with Gasteiger partial charge in [-0.3, -0.25) is 77.3 Å². The zero-order valence-corrected chi connectivity index (χ0v) is 77.5. The normalized spacial score (nSPS) is 16.2. The molecule has 0 saturated heterocycles. The second-order valence-corrected chi connectivity index (χ2v) is 33.4. The van der Waals surface area contributed by atoms with Crippen LogP contribution in [0.5, 0.6) is 0 Å². The Morgan fingerprint density at radius 1 is 0.315 bits per heavy atom. The molecule has 13 amide bonds. The number of aliphatic carboxylic acids is 1. The summed E-state index contributed by atoms with van der Waals surface area (Å²) < 4.78 is 0. The average molecular weight is 1800 g/mol. The number of aromatic amines is 1. The standard InChI is InChI=1S/C84H158N28O15/c1-15-46(8)61(88)74(119)102-56(34-28-40-96-82(89)90)68(113)101-58(36-30-42-98-84(93)94)72(117)108-66(51(13)20-6)78(123)110-63(48(10)17-3)76(121)104-57(35-29-41-97-83(91)92)69(114)100-55(32-23-26-38-86)71(116)107-65(50(12)19-5)79(124)112-64(49(11)18-4)77(122)106-60(43-53-44-95-45-99-53)73(118)109-67(52(14)21-7)80(125)111-62(47(9)16-2)75(120)103-54(31-22-25-37-85)70(115)105-59(81(126)127)33-24-27-39-87/h44-52,54-67H,15-43,85-88H2,1-14H3,(H,95,99)(H,100,114)(H,101,113)(H,102,119)(H,103,120)(H,104,121)(H,105,115)(H,106,122)(H,107,116)(H,108,117)(H,109,118)(H,110,123)(H,111,125)(H,112,124)(H,126,127)(H4,89,90,96)(H4,91,92,97)(H4,93,94,98)/t46-,47-,48-,49-,50-,51-,52-,54-,55-,56-,57-,58-,59-,60-,61-,62-,63-,64-,65-,66-,67-/m0/s1. The van der Waals surface area contributed by atoms with Crippen molar-refractivity contribution in [2.24, 2.45) is 114 Å². The summed E-state index contributed by atoms with van der Waals surface area (Å²) in [6.07, 6.45) is 7.98. The van der Waals surface area contributed by atoms with E-state index in [1.165, 1.54) is 12.5 Å². The second-order valence-electron chi connectivity index (χ2n) is 33.4. The van der Waals surface area contributed by atoms with Gasteiger partial charge in [-0.1, -0.05) is 142 Å². The van der Waals surface area contributed by atoms with Crippen LogP contribution in [-0.2, 0) is 73.5 Å². The number of carbonyl (C=O) groups excluding carboxylic acids is 13. The maximum Gasteiger partial charge on any atom is 0.326 e. The third-order valence-electron chi connectivity index (χ3n) is 23.4. The van der Waals surface area contributed by atoms with Gasteiger partial charge in [-0.25, -0.2) is 9.78 Å². The zero-order valence-electron chi connectivity index (χ0n) is 77.5. The molecule has 0 aliphatic rings. The van der Waals surface area contributed by atoms with Crippen LogP contribution < -0.4 is 126 Å². The molecule has 0 aliphatic carbocycles. The summed E-state index contributed by atoms with van der Waals surface area (Å²) in [5.41, 5.74) is 57.7. The molecular formula is C84H158N28O15. The van der Waals surface area contributed by atoms with Gasteiger partial charge in [-0.2, -0.15) is 0 Å². The molecule has 0 bridgehead atoms. The Balaban J connectivity index is 3.92. The quantitative estimate of drug-likeness (QED) is 0.0183. The molecule has 724 valence electrons. The predicted molar refractivity (Wildman–Crippen MR) is 488 cm³/mol. The lowest BCUT2D eigenvalue weighted by Crippen LogP contribution is -2.63. The number of unbranched alkanes of at least 4 members (excludes halogenated alkanes) is 3. The molecule has 1 aromatic rings. The molecule has 0 aliphatic heterocycles. The van der Waals surface area contributed by atoms with Crippen LogP contribution >= 0.6 is 0 Å². The number of imidazole rings is 1. The van der Waals surface area contributed by atoms with Gasteiger partial charge in [0.25, 0.3) is 0 Å². The highest BCUT2D eigenvalue weighted by Crippen LogP contribution is 2.21. The number of carbonyl (C=O) groups is 14. The molecular weight excluding hydrogens is 1640 g/mol. The number of amides is 13. The Labute approximate surface area is 749 Å². The van der Waals surface area contributed by atoms with Crippen molar-refractivity contribution in [2.75, 3.05) is 39.3 Å². The molecule has 0 unspecified atom stereocenters. The summed E-state index contributed by atoms with van der Waals surface area (Å²) in [7, 11) is 0. The first kappa shape index (κ1) is 114. The molecule has 43 nitrogen and oxygen atoms in total. The first-order valence-electron chi connectivity index (χ1n) is 45.3. The highest BCUT2D eigenvalue weighted by atomic mass is 16.4. The van der Waals surface area contributed by atoms with Crippen molar-refractivity contribution in [2.45, 2.75) is 329 Å². The van der Waals surface area contributed by atoms with E-state index in [1.54, 1.807) is 90.0 Å². The van der Waals surface area contributed by atoms with Gasteiger partial charge in [0, 0.05) is 37.9 Å². The SMILES string of the molecule is CC[C@H](C)[C@H](N)C(=O)N[C@@H](CCCN=C(N)N)C(=O)N[C@@H](CCCN=C(N)N)C(=O)N[C@H](C(=O)N[C@H](C(=O)N[C@@H](CCCN=C(N)N)C(=O)N[C@@H](CCCCN)C(=O)N[C@H](C(=O)N[C@H](C(=O)N[C@@H](Cc1cnc[nH]1)C(=O)N[C@H](C(=O)N[C@H](C(=O)N[C@@H](CCCCN)C(=O)N[C@@H](CCCCN)C(=O)O)[C@@H](C)CC)[C@@H](C)CC)[C@@H](C)CC)[C@@H](C)CC)[C@@H](C)CC)[C@@H](C)CC. The van der Waals surface area contributed by atoms with Crippen molar-refractivity contribution in [3.8, 4) is 0 Å². The van der Waals surface area contributed by atoms with E-state index in [0.29, 0.717) is 89.3 Å². The number of hydrogen-bond acceptors (Lipinski definition) is 22. The minimum Gasteiger partial charge on any atom is -0.480 e. The van der Waals surface area contributed by atoms with Gasteiger partial charge in [0.05, 0.1) is 12.4 Å². The molecule has 0 spiro atoms. The van der Waals surface area contributed by atoms with E-state index in [9.17, 15) is 48.3 Å². The van der Waals surface area contributed by atoms with Crippen LogP contribution in [0, 0.1) is 41.4 Å². The monoisotopic (exact) mass is 1800 g/mol. The average Bonchev–Trinajstić information content (AvgIpc) is 1.29. The maximum atomic E-state index is 15.1. The number of carboxylic acid groups (broad SMARTS) is 1. The largest absolute Gasteiger partial charge is 0.480 e. The summed E-state index contributed by atoms with van der Waals surface area (Å²) in [6.45, 7) is 25.4. The Morgan fingerprint density at radius 3 is 0.787 bits per heavy atom. The maximum absolute atomic E-state index is 15.1. The fourth-order valence-corrected chi connectivity index (χ4v) is 13.5. The summed E-state index contributed by atoms with van der Waals surface area (Å²) in [5.74, 6) is -16.1. The summed E-state index contributed by atoms with van der Waals surface area (Å²) in [5, 5.41) is 46.1. The molecule has 35 N–H and O–H groups in total. The summed E-state index contributed by atoms with van der Waals surface area (Å²) in [4.78, 5) is 222. The number of aliphatic imine (C=N–C) groups is 3. The van der Waals surface area contributed by atoms with Crippen LogP contribution in [0.1, 0.15) is 244 Å². The van der Waals surface area contributed by atoms with E-state index in [0.717, 1.165) is 0 Å². The minimum absolute atomic E-state index is 0.0119. The van der Waals surface area contributed by atoms with Crippen LogP contribution in [0.3, 0.4) is 0 Å². The lowest BCUT2D eigenvalue weighted by Gasteiger charge is -2.32. The highest BCUT2D eigenvalue weighted by molar-refractivity contribution is 6.00. The number of carboxylic acids is 1. The smallest absolute Gasteiger partial charge is 0.326 e. The number of guanidine groups is 3. The third-order valence-corrected chi connectivity index (χ3v) is 23.4. The van der Waals surface area contributed by atoms with Gasteiger partial charge in [-0.05, 0) is 157 Å². The zero-order chi connectivity index (χ0) is 96.2. The fourth-order valence-electron chi connectivity index (χ4n) is 13.5. The minimum atomic E-state index is -1.46. The highest BCUT2D eigenvalue weighted by Gasteiger charge is 2.42. The number of hydrogen-bond donors (Lipinski definition) is 25. The molecule has 127 heavy (non-hydrogen) atoms. The summed E-state index contributed by atoms with van der Waals surface area (Å²) >= 11 is 0. The van der Waals surface area contributed by atoms with Crippen LogP contribution in [0.4, 0.5) is 0 Å². The number of nitrogens with zero attached hydrogens (tertiary/aromatic N) is 4. The molecule has 0 fully saturated rings. The Bertz CT molecular complexity index is 3640. The molecule has 0 aromatic carbocycles. The van der Waals surface area contributed by atoms with Crippen molar-refractivity contribution in [1.29, 1.82) is 0 Å². The van der Waals surface area contributed by atoms with Gasteiger partial charge < -0.3 is 137 Å². The molecule has 1 aromatic heterocycles. The predicted octanol–water partition coefficient (Wildman–Crippen LogP) is -2.46. The van der Waals surface area contributed by atoms with Crippen LogP contribution in [0.2, 0.25) is 0 Å². The van der Waals surface area contributed by atoms with Crippen LogP contribution in [0.15, 0.2) is 27.5 Å². The van der Waals surface area contributed by atoms with Crippen molar-refractivity contribution in [3.05, 3.63) is 18.2 Å². The van der Waals surface area contributed by atoms with Crippen molar-refractivity contribution in [3.63, 3.8) is 0 Å². The Kier molecular flexibility index (Phi) is 56.4. The Hall–Kier alpha value is -10.6. The summed E-state index contributed by atoms with van der Waals surface area (Å²) in [6, 6.07) is -18.5. The number of aromatic nitrogens is 2. The van der Waals surface area contributed by atoms with Crippen molar-refractivity contribution < 1.29 is 72.2 Å². The molecule has 43 heteroatoms. The van der Waals surface area contributed by atoms with E-state index >= 15 is 24.0 Å². The van der Waals surface area contributed by atoms with Gasteiger partial charge >= 0.3 is 5.97 Å². The lowest BCUT2D eigenvalue weighted by molar-refractivity contribution is -0.142. The van der Waals surface area contributed by atoms with Gasteiger partial charge in [0.1, 0.15) is 78.5 Å². The number of nitrogens with two attached hydrogens (primary N) is 10. The van der Waals surface area contributed by atoms with E-state index < -0.39 is 203 Å². The second kappa shape index (κ2) is 62.6. The first-order valence-corrected chi connectivity index (χ1v) is 45.3. The molecule has 1 heterocycles. The number of rotatable bonds is 67.